The molecule has 0 spiro atoms. The van der Waals surface area contributed by atoms with Gasteiger partial charge in [0.25, 0.3) is 0 Å². The first kappa shape index (κ1) is 34.9. The lowest BCUT2D eigenvalue weighted by Crippen LogP contribution is -1.98. The summed E-state index contributed by atoms with van der Waals surface area (Å²) in [7, 11) is 0. The SMILES string of the molecule is c1cc(-c2nc(-c3cccc(-n4c5ccccc5c5ccccc54)c3)nc3ccccc23)cc(-c2cccc3cccc(-c4ccc(-c5ccc6ccccc6c5)cc4)c23)c1. The maximum atomic E-state index is 5.38. The van der Waals surface area contributed by atoms with E-state index in [0.717, 1.165) is 39.0 Å². The van der Waals surface area contributed by atoms with Crippen LogP contribution in [0.15, 0.2) is 224 Å². The van der Waals surface area contributed by atoms with Crippen LogP contribution in [0, 0.1) is 0 Å². The minimum atomic E-state index is 0.696. The van der Waals surface area contributed by atoms with Crippen molar-refractivity contribution >= 4 is 54.3 Å². The molecule has 0 bridgehead atoms. The van der Waals surface area contributed by atoms with Gasteiger partial charge in [-0.3, -0.25) is 0 Å². The van der Waals surface area contributed by atoms with Gasteiger partial charge in [0.15, 0.2) is 5.82 Å². The lowest BCUT2D eigenvalue weighted by molar-refractivity contribution is 1.17. The molecule has 0 saturated carbocycles. The Morgan fingerprint density at radius 2 is 0.885 bits per heavy atom. The van der Waals surface area contributed by atoms with E-state index in [0.29, 0.717) is 5.82 Å². The molecule has 10 aromatic carbocycles. The normalized spacial score (nSPS) is 11.6. The predicted octanol–water partition coefficient (Wildman–Crippen LogP) is 15.4. The molecule has 0 saturated heterocycles. The van der Waals surface area contributed by atoms with Gasteiger partial charge in [-0.1, -0.05) is 182 Å². The van der Waals surface area contributed by atoms with Crippen LogP contribution in [-0.2, 0) is 0 Å². The van der Waals surface area contributed by atoms with E-state index in [1.54, 1.807) is 0 Å². The molecule has 284 valence electrons. The molecule has 3 nitrogen and oxygen atoms in total. The summed E-state index contributed by atoms with van der Waals surface area (Å²) in [4.78, 5) is 10.5. The monoisotopic (exact) mass is 775 g/mol. The highest BCUT2D eigenvalue weighted by Gasteiger charge is 2.17. The standard InChI is InChI=1S/C58H37N3/c1-2-14-42-35-43(34-31-38(42)13-1)39-29-32-40(33-30-39)48-24-11-15-41-16-12-25-49(56(41)48)44-17-9-18-45(36-44)57-52-23-3-6-26-53(52)59-58(60-57)46-19-10-20-47(37-46)61-54-27-7-4-21-50(54)51-22-5-8-28-55(51)61/h1-37H. The van der Waals surface area contributed by atoms with Gasteiger partial charge in [0.05, 0.1) is 22.2 Å². The molecule has 0 aliphatic carbocycles. The first-order valence-electron chi connectivity index (χ1n) is 20.8. The summed E-state index contributed by atoms with van der Waals surface area (Å²) in [6.45, 7) is 0. The summed E-state index contributed by atoms with van der Waals surface area (Å²) < 4.78 is 2.34. The van der Waals surface area contributed by atoms with Crippen molar-refractivity contribution in [1.29, 1.82) is 0 Å². The minimum absolute atomic E-state index is 0.696. The van der Waals surface area contributed by atoms with E-state index < -0.39 is 0 Å². The largest absolute Gasteiger partial charge is 0.309 e. The smallest absolute Gasteiger partial charge is 0.160 e. The molecule has 3 heteroatoms. The van der Waals surface area contributed by atoms with Crippen LogP contribution in [0.4, 0.5) is 0 Å². The fourth-order valence-corrected chi connectivity index (χ4v) is 9.28. The summed E-state index contributed by atoms with van der Waals surface area (Å²) >= 11 is 0. The second-order valence-corrected chi connectivity index (χ2v) is 15.8. The Balaban J connectivity index is 0.956. The van der Waals surface area contributed by atoms with Crippen molar-refractivity contribution in [2.75, 3.05) is 0 Å². The van der Waals surface area contributed by atoms with Gasteiger partial charge in [-0.05, 0) is 97.4 Å². The van der Waals surface area contributed by atoms with Crippen molar-refractivity contribution in [3.8, 4) is 61.7 Å². The first-order chi connectivity index (χ1) is 30.2. The van der Waals surface area contributed by atoms with Gasteiger partial charge in [0.1, 0.15) is 0 Å². The highest BCUT2D eigenvalue weighted by atomic mass is 15.0. The van der Waals surface area contributed by atoms with E-state index in [9.17, 15) is 0 Å². The van der Waals surface area contributed by atoms with Crippen LogP contribution in [0.5, 0.6) is 0 Å². The molecule has 0 fully saturated rings. The number of hydrogen-bond donors (Lipinski definition) is 0. The van der Waals surface area contributed by atoms with Crippen molar-refractivity contribution in [2.24, 2.45) is 0 Å². The van der Waals surface area contributed by atoms with Gasteiger partial charge < -0.3 is 4.57 Å². The summed E-state index contributed by atoms with van der Waals surface area (Å²) in [6, 6.07) is 80.6. The van der Waals surface area contributed by atoms with Gasteiger partial charge >= 0.3 is 0 Å². The van der Waals surface area contributed by atoms with Crippen molar-refractivity contribution < 1.29 is 0 Å². The molecule has 0 radical (unpaired) electrons. The van der Waals surface area contributed by atoms with Crippen LogP contribution in [0.1, 0.15) is 0 Å². The van der Waals surface area contributed by atoms with Gasteiger partial charge in [-0.15, -0.1) is 0 Å². The molecule has 2 heterocycles. The Kier molecular flexibility index (Phi) is 8.17. The number of benzene rings is 10. The van der Waals surface area contributed by atoms with Crippen molar-refractivity contribution in [2.45, 2.75) is 0 Å². The Hall–Kier alpha value is -8.14. The number of rotatable bonds is 6. The van der Waals surface area contributed by atoms with E-state index in [1.165, 1.54) is 71.2 Å². The average Bonchev–Trinajstić information content (AvgIpc) is 3.68. The van der Waals surface area contributed by atoms with E-state index in [4.69, 9.17) is 9.97 Å². The zero-order valence-electron chi connectivity index (χ0n) is 33.2. The Morgan fingerprint density at radius 1 is 0.311 bits per heavy atom. The maximum absolute atomic E-state index is 5.38. The molecule has 0 aliphatic rings. The van der Waals surface area contributed by atoms with E-state index >= 15 is 0 Å². The fraction of sp³-hybridized carbons (Fsp3) is 0. The molecule has 0 amide bonds. The van der Waals surface area contributed by atoms with Crippen molar-refractivity contribution in [3.63, 3.8) is 0 Å². The third-order valence-corrected chi connectivity index (χ3v) is 12.2. The lowest BCUT2D eigenvalue weighted by atomic mass is 9.90. The van der Waals surface area contributed by atoms with Gasteiger partial charge in [0, 0.05) is 33.0 Å². The number of para-hydroxylation sites is 3. The predicted molar refractivity (Wildman–Crippen MR) is 256 cm³/mol. The molecule has 2 aromatic heterocycles. The van der Waals surface area contributed by atoms with Crippen LogP contribution in [0.2, 0.25) is 0 Å². The highest BCUT2D eigenvalue weighted by Crippen LogP contribution is 2.40. The van der Waals surface area contributed by atoms with Crippen LogP contribution >= 0.6 is 0 Å². The zero-order valence-corrected chi connectivity index (χ0v) is 33.2. The molecule has 12 rings (SSSR count). The van der Waals surface area contributed by atoms with E-state index in [2.05, 4.69) is 229 Å². The number of hydrogen-bond acceptors (Lipinski definition) is 2. The second-order valence-electron chi connectivity index (χ2n) is 15.8. The number of aromatic nitrogens is 3. The summed E-state index contributed by atoms with van der Waals surface area (Å²) in [5, 5.41) is 8.44. The van der Waals surface area contributed by atoms with Gasteiger partial charge in [0.2, 0.25) is 0 Å². The average molecular weight is 776 g/mol. The Morgan fingerprint density at radius 3 is 1.67 bits per heavy atom. The van der Waals surface area contributed by atoms with Gasteiger partial charge in [-0.25, -0.2) is 9.97 Å². The third-order valence-electron chi connectivity index (χ3n) is 12.2. The van der Waals surface area contributed by atoms with Crippen molar-refractivity contribution in [3.05, 3.63) is 224 Å². The molecule has 0 N–H and O–H groups in total. The number of fused-ring (bicyclic) bond motifs is 6. The number of nitrogens with zero attached hydrogens (tertiary/aromatic N) is 3. The lowest BCUT2D eigenvalue weighted by Gasteiger charge is -2.15. The minimum Gasteiger partial charge on any atom is -0.309 e. The Labute approximate surface area is 353 Å². The van der Waals surface area contributed by atoms with Crippen LogP contribution in [-0.4, -0.2) is 14.5 Å². The third kappa shape index (κ3) is 5.98. The molecule has 0 atom stereocenters. The van der Waals surface area contributed by atoms with Crippen LogP contribution in [0.25, 0.3) is 116 Å². The summed E-state index contributed by atoms with van der Waals surface area (Å²) in [5.41, 5.74) is 14.4. The maximum Gasteiger partial charge on any atom is 0.160 e. The zero-order chi connectivity index (χ0) is 40.3. The highest BCUT2D eigenvalue weighted by molar-refractivity contribution is 6.10. The molecule has 61 heavy (non-hydrogen) atoms. The molecule has 12 aromatic rings. The van der Waals surface area contributed by atoms with Crippen LogP contribution < -0.4 is 0 Å². The van der Waals surface area contributed by atoms with Crippen molar-refractivity contribution in [1.82, 2.24) is 14.5 Å². The second kappa shape index (κ2) is 14.3. The molecule has 0 aliphatic heterocycles. The summed E-state index contributed by atoms with van der Waals surface area (Å²) in [6.07, 6.45) is 0. The van der Waals surface area contributed by atoms with E-state index in [1.807, 2.05) is 0 Å². The summed E-state index contributed by atoms with van der Waals surface area (Å²) in [5.74, 6) is 0.696. The molecular weight excluding hydrogens is 739 g/mol. The van der Waals surface area contributed by atoms with Gasteiger partial charge in [-0.2, -0.15) is 0 Å². The fourth-order valence-electron chi connectivity index (χ4n) is 9.28. The van der Waals surface area contributed by atoms with Crippen LogP contribution in [0.3, 0.4) is 0 Å². The quantitative estimate of drug-likeness (QED) is 0.168. The van der Waals surface area contributed by atoms with E-state index in [-0.39, 0.29) is 0 Å². The molecular formula is C58H37N3. The molecule has 0 unspecified atom stereocenters. The Bertz CT molecular complexity index is 3590. The first-order valence-corrected chi connectivity index (χ1v) is 20.8. The topological polar surface area (TPSA) is 30.7 Å².